The van der Waals surface area contributed by atoms with Gasteiger partial charge < -0.3 is 14.4 Å². The van der Waals surface area contributed by atoms with E-state index in [-0.39, 0.29) is 5.92 Å². The van der Waals surface area contributed by atoms with Crippen LogP contribution < -0.4 is 14.4 Å². The lowest BCUT2D eigenvalue weighted by atomic mass is 9.88. The van der Waals surface area contributed by atoms with Crippen LogP contribution >= 0.6 is 0 Å². The van der Waals surface area contributed by atoms with Crippen molar-refractivity contribution in [1.82, 2.24) is 0 Å². The van der Waals surface area contributed by atoms with Crippen molar-refractivity contribution in [3.05, 3.63) is 94.6 Å². The van der Waals surface area contributed by atoms with E-state index in [0.29, 0.717) is 13.2 Å². The molecule has 0 heterocycles. The molecular weight excluding hydrogens is 418 g/mol. The number of ether oxygens (including phenoxy) is 2. The Hall–Kier alpha value is -3.20. The van der Waals surface area contributed by atoms with Gasteiger partial charge in [0, 0.05) is 24.7 Å². The normalized spacial score (nSPS) is 11.3. The van der Waals surface area contributed by atoms with Gasteiger partial charge in [-0.2, -0.15) is 0 Å². The Morgan fingerprint density at radius 1 is 0.706 bits per heavy atom. The summed E-state index contributed by atoms with van der Waals surface area (Å²) in [6, 6.07) is 21.9. The van der Waals surface area contributed by atoms with Crippen LogP contribution in [-0.4, -0.2) is 26.3 Å². The van der Waals surface area contributed by atoms with Crippen LogP contribution in [0.4, 0.5) is 5.69 Å². The van der Waals surface area contributed by atoms with E-state index in [2.05, 4.69) is 105 Å². The average molecular weight is 458 g/mol. The number of hydrogen-bond donors (Lipinski definition) is 0. The van der Waals surface area contributed by atoms with Crippen LogP contribution in [0.2, 0.25) is 0 Å². The molecule has 0 aliphatic rings. The number of hydrogen-bond acceptors (Lipinski definition) is 3. The van der Waals surface area contributed by atoms with Crippen molar-refractivity contribution in [3.63, 3.8) is 0 Å². The third-order valence-electron chi connectivity index (χ3n) is 6.22. The van der Waals surface area contributed by atoms with Crippen LogP contribution in [0.5, 0.6) is 11.5 Å². The van der Waals surface area contributed by atoms with E-state index in [1.807, 2.05) is 13.8 Å². The molecule has 0 spiro atoms. The molecule has 0 bridgehead atoms. The Morgan fingerprint density at radius 2 is 1.21 bits per heavy atom. The quantitative estimate of drug-likeness (QED) is 0.293. The first kappa shape index (κ1) is 25.4. The smallest absolute Gasteiger partial charge is 0.122 e. The van der Waals surface area contributed by atoms with E-state index in [4.69, 9.17) is 9.47 Å². The fraction of sp³-hybridized carbons (Fsp3) is 0.355. The van der Waals surface area contributed by atoms with Gasteiger partial charge in [-0.3, -0.25) is 0 Å². The highest BCUT2D eigenvalue weighted by Crippen LogP contribution is 2.33. The summed E-state index contributed by atoms with van der Waals surface area (Å²) in [4.78, 5) is 2.36. The minimum Gasteiger partial charge on any atom is -0.494 e. The van der Waals surface area contributed by atoms with Gasteiger partial charge in [0.25, 0.3) is 0 Å². The van der Waals surface area contributed by atoms with Gasteiger partial charge in [0.1, 0.15) is 11.5 Å². The monoisotopic (exact) mass is 457 g/mol. The number of aryl methyl sites for hydroxylation is 2. The first-order chi connectivity index (χ1) is 16.5. The third-order valence-corrected chi connectivity index (χ3v) is 6.22. The van der Waals surface area contributed by atoms with E-state index >= 15 is 0 Å². The average Bonchev–Trinajstić information content (AvgIpc) is 2.84. The highest BCUT2D eigenvalue weighted by molar-refractivity contribution is 5.58. The van der Waals surface area contributed by atoms with Gasteiger partial charge in [-0.05, 0) is 93.6 Å². The summed E-state index contributed by atoms with van der Waals surface area (Å²) in [7, 11) is 0. The highest BCUT2D eigenvalue weighted by Gasteiger charge is 2.15. The molecule has 0 saturated heterocycles. The second-order valence-electron chi connectivity index (χ2n) is 8.52. The van der Waals surface area contributed by atoms with Crippen molar-refractivity contribution in [2.75, 3.05) is 31.2 Å². The summed E-state index contributed by atoms with van der Waals surface area (Å²) in [5.41, 5.74) is 7.28. The van der Waals surface area contributed by atoms with Crippen molar-refractivity contribution < 1.29 is 9.47 Å². The van der Waals surface area contributed by atoms with Gasteiger partial charge in [-0.1, -0.05) is 48.6 Å². The molecule has 0 amide bonds. The zero-order valence-electron chi connectivity index (χ0n) is 21.6. The maximum atomic E-state index is 5.78. The Balaban J connectivity index is 1.97. The van der Waals surface area contributed by atoms with Crippen molar-refractivity contribution in [2.45, 2.75) is 47.5 Å². The Bertz CT molecular complexity index is 1030. The summed E-state index contributed by atoms with van der Waals surface area (Å²) in [5, 5.41) is 0. The summed E-state index contributed by atoms with van der Waals surface area (Å²) < 4.78 is 11.6. The van der Waals surface area contributed by atoms with Crippen molar-refractivity contribution in [3.8, 4) is 11.5 Å². The zero-order chi connectivity index (χ0) is 24.5. The van der Waals surface area contributed by atoms with Gasteiger partial charge in [0.05, 0.1) is 13.2 Å². The number of nitrogens with zero attached hydrogens (tertiary/aromatic N) is 1. The van der Waals surface area contributed by atoms with Crippen molar-refractivity contribution >= 4 is 11.8 Å². The topological polar surface area (TPSA) is 21.7 Å². The molecule has 0 atom stereocenters. The second kappa shape index (κ2) is 12.3. The fourth-order valence-electron chi connectivity index (χ4n) is 4.37. The first-order valence-corrected chi connectivity index (χ1v) is 12.5. The molecule has 0 aliphatic heterocycles. The van der Waals surface area contributed by atoms with Crippen LogP contribution in [0.1, 0.15) is 61.4 Å². The SMILES string of the molecule is CCOc1ccc(C(C=Cc2ccc(N(CC)CC)cc2)c2ccc(OCC)c(C)c2)cc1C. The van der Waals surface area contributed by atoms with Gasteiger partial charge in [0.15, 0.2) is 0 Å². The van der Waals surface area contributed by atoms with Gasteiger partial charge >= 0.3 is 0 Å². The van der Waals surface area contributed by atoms with E-state index in [0.717, 1.165) is 35.7 Å². The molecule has 0 radical (unpaired) electrons. The van der Waals surface area contributed by atoms with Crippen LogP contribution in [0, 0.1) is 13.8 Å². The van der Waals surface area contributed by atoms with E-state index in [1.165, 1.54) is 22.4 Å². The molecule has 0 unspecified atom stereocenters. The molecule has 3 heteroatoms. The molecule has 0 fully saturated rings. The molecule has 0 N–H and O–H groups in total. The van der Waals surface area contributed by atoms with Crippen LogP contribution in [-0.2, 0) is 0 Å². The largest absolute Gasteiger partial charge is 0.494 e. The number of anilines is 1. The van der Waals surface area contributed by atoms with Crippen LogP contribution in [0.25, 0.3) is 6.08 Å². The summed E-state index contributed by atoms with van der Waals surface area (Å²) >= 11 is 0. The number of rotatable bonds is 11. The predicted octanol–water partition coefficient (Wildman–Crippen LogP) is 7.79. The Labute approximate surface area is 206 Å². The van der Waals surface area contributed by atoms with E-state index in [9.17, 15) is 0 Å². The lowest BCUT2D eigenvalue weighted by Crippen LogP contribution is -2.21. The third kappa shape index (κ3) is 6.22. The van der Waals surface area contributed by atoms with E-state index in [1.54, 1.807) is 0 Å². The zero-order valence-corrected chi connectivity index (χ0v) is 21.6. The van der Waals surface area contributed by atoms with Crippen LogP contribution in [0.15, 0.2) is 66.7 Å². The molecule has 3 nitrogen and oxygen atoms in total. The van der Waals surface area contributed by atoms with Gasteiger partial charge in [-0.25, -0.2) is 0 Å². The van der Waals surface area contributed by atoms with Gasteiger partial charge in [0.2, 0.25) is 0 Å². The van der Waals surface area contributed by atoms with Crippen LogP contribution in [0.3, 0.4) is 0 Å². The molecule has 3 rings (SSSR count). The minimum absolute atomic E-state index is 0.131. The lowest BCUT2D eigenvalue weighted by Gasteiger charge is -2.21. The van der Waals surface area contributed by atoms with Gasteiger partial charge in [-0.15, -0.1) is 0 Å². The number of benzene rings is 3. The first-order valence-electron chi connectivity index (χ1n) is 12.5. The maximum absolute atomic E-state index is 5.78. The molecule has 3 aromatic rings. The maximum Gasteiger partial charge on any atom is 0.122 e. The fourth-order valence-corrected chi connectivity index (χ4v) is 4.37. The predicted molar refractivity (Wildman–Crippen MR) is 146 cm³/mol. The lowest BCUT2D eigenvalue weighted by molar-refractivity contribution is 0.338. The highest BCUT2D eigenvalue weighted by atomic mass is 16.5. The Kier molecular flexibility index (Phi) is 9.21. The molecule has 3 aromatic carbocycles. The molecule has 0 saturated carbocycles. The number of allylic oxidation sites excluding steroid dienone is 1. The summed E-state index contributed by atoms with van der Waals surface area (Å²) in [5.74, 6) is 2.03. The molecule has 0 aliphatic carbocycles. The van der Waals surface area contributed by atoms with Crippen molar-refractivity contribution in [2.24, 2.45) is 0 Å². The molecule has 34 heavy (non-hydrogen) atoms. The molecule has 0 aromatic heterocycles. The minimum atomic E-state index is 0.131. The van der Waals surface area contributed by atoms with E-state index < -0.39 is 0 Å². The second-order valence-corrected chi connectivity index (χ2v) is 8.52. The summed E-state index contributed by atoms with van der Waals surface area (Å²) in [6.07, 6.45) is 4.53. The summed E-state index contributed by atoms with van der Waals surface area (Å²) in [6.45, 7) is 16.0. The molecule has 180 valence electrons. The van der Waals surface area contributed by atoms with Crippen molar-refractivity contribution in [1.29, 1.82) is 0 Å². The molecular formula is C31H39NO2. The Morgan fingerprint density at radius 3 is 1.62 bits per heavy atom. The standard InChI is InChI=1S/C31H39NO2/c1-7-32(8-2)28-16-11-25(12-17-28)13-18-29(26-14-19-30(33-9-3)23(5)21-26)27-15-20-31(34-10-4)24(6)22-27/h11-22,29H,7-10H2,1-6H3.